The molecule has 29 heavy (non-hydrogen) atoms. The van der Waals surface area contributed by atoms with Crippen LogP contribution in [0.3, 0.4) is 0 Å². The molecule has 0 bridgehead atoms. The molecule has 1 amide bonds. The standard InChI is InChI=1S/C22H28N2O5/c1-3-28-22(27)16-10-12-24(13-11-16)21(26)15(2)29-20(25)9-8-17-14-23-19-7-5-4-6-18(17)19/h4-7,14-16,23H,3,8-13H2,1-2H3/t15-/m1/s1. The molecule has 156 valence electrons. The van der Waals surface area contributed by atoms with Crippen molar-refractivity contribution in [2.75, 3.05) is 19.7 Å². The number of H-pyrrole nitrogens is 1. The molecule has 0 spiro atoms. The number of fused-ring (bicyclic) bond motifs is 1. The molecule has 3 rings (SSSR count). The van der Waals surface area contributed by atoms with E-state index in [0.29, 0.717) is 39.0 Å². The second-order valence-electron chi connectivity index (χ2n) is 7.34. The number of amides is 1. The molecule has 1 aliphatic heterocycles. The Morgan fingerprint density at radius 3 is 2.66 bits per heavy atom. The van der Waals surface area contributed by atoms with E-state index < -0.39 is 12.1 Å². The summed E-state index contributed by atoms with van der Waals surface area (Å²) in [5.74, 6) is -0.963. The number of aromatic amines is 1. The Kier molecular flexibility index (Phi) is 6.90. The van der Waals surface area contributed by atoms with Crippen molar-refractivity contribution >= 4 is 28.7 Å². The molecular formula is C22H28N2O5. The number of carbonyl (C=O) groups excluding carboxylic acids is 3. The number of nitrogens with one attached hydrogen (secondary N) is 1. The number of esters is 2. The van der Waals surface area contributed by atoms with Gasteiger partial charge >= 0.3 is 11.9 Å². The third-order valence-corrected chi connectivity index (χ3v) is 5.36. The first kappa shape index (κ1) is 20.9. The highest BCUT2D eigenvalue weighted by Gasteiger charge is 2.31. The third-order valence-electron chi connectivity index (χ3n) is 5.36. The summed E-state index contributed by atoms with van der Waals surface area (Å²) in [6.45, 7) is 4.69. The van der Waals surface area contributed by atoms with E-state index in [2.05, 4.69) is 4.98 Å². The highest BCUT2D eigenvalue weighted by atomic mass is 16.5. The van der Waals surface area contributed by atoms with Gasteiger partial charge in [0.25, 0.3) is 5.91 Å². The molecule has 2 aromatic rings. The maximum atomic E-state index is 12.6. The van der Waals surface area contributed by atoms with Gasteiger partial charge in [-0.15, -0.1) is 0 Å². The molecule has 7 heteroatoms. The van der Waals surface area contributed by atoms with Crippen molar-refractivity contribution in [3.8, 4) is 0 Å². The van der Waals surface area contributed by atoms with Gasteiger partial charge in [0.2, 0.25) is 0 Å². The van der Waals surface area contributed by atoms with Crippen LogP contribution in [0.1, 0.15) is 38.7 Å². The number of aryl methyl sites for hydroxylation is 1. The van der Waals surface area contributed by atoms with E-state index in [9.17, 15) is 14.4 Å². The lowest BCUT2D eigenvalue weighted by atomic mass is 9.97. The van der Waals surface area contributed by atoms with Crippen LogP contribution in [0, 0.1) is 5.92 Å². The van der Waals surface area contributed by atoms with E-state index in [1.54, 1.807) is 18.7 Å². The topological polar surface area (TPSA) is 88.7 Å². The molecule has 1 aromatic heterocycles. The zero-order valence-corrected chi connectivity index (χ0v) is 17.0. The Hall–Kier alpha value is -2.83. The van der Waals surface area contributed by atoms with E-state index >= 15 is 0 Å². The summed E-state index contributed by atoms with van der Waals surface area (Å²) < 4.78 is 10.4. The molecule has 2 heterocycles. The second kappa shape index (κ2) is 9.58. The number of hydrogen-bond acceptors (Lipinski definition) is 5. The van der Waals surface area contributed by atoms with Crippen molar-refractivity contribution in [3.05, 3.63) is 36.0 Å². The summed E-state index contributed by atoms with van der Waals surface area (Å²) in [6.07, 6.45) is 2.99. The summed E-state index contributed by atoms with van der Waals surface area (Å²) in [6, 6.07) is 7.92. The zero-order valence-electron chi connectivity index (χ0n) is 17.0. The number of benzene rings is 1. The van der Waals surface area contributed by atoms with Crippen LogP contribution in [0.5, 0.6) is 0 Å². The van der Waals surface area contributed by atoms with Gasteiger partial charge in [-0.3, -0.25) is 14.4 Å². The van der Waals surface area contributed by atoms with Gasteiger partial charge in [0, 0.05) is 36.6 Å². The highest BCUT2D eigenvalue weighted by molar-refractivity contribution is 5.85. The summed E-state index contributed by atoms with van der Waals surface area (Å²) in [5, 5.41) is 1.09. The fraction of sp³-hybridized carbons (Fsp3) is 0.500. The van der Waals surface area contributed by atoms with Crippen LogP contribution in [0.4, 0.5) is 0 Å². The second-order valence-corrected chi connectivity index (χ2v) is 7.34. The normalized spacial score (nSPS) is 15.9. The lowest BCUT2D eigenvalue weighted by molar-refractivity contribution is -0.160. The first-order valence-corrected chi connectivity index (χ1v) is 10.2. The number of aromatic nitrogens is 1. The van der Waals surface area contributed by atoms with Crippen LogP contribution in [0.25, 0.3) is 10.9 Å². The number of ether oxygens (including phenoxy) is 2. The van der Waals surface area contributed by atoms with Crippen LogP contribution in [-0.2, 0) is 30.3 Å². The van der Waals surface area contributed by atoms with E-state index in [0.717, 1.165) is 16.5 Å². The summed E-state index contributed by atoms with van der Waals surface area (Å²) in [5.41, 5.74) is 2.09. The van der Waals surface area contributed by atoms with Gasteiger partial charge in [-0.05, 0) is 44.7 Å². The van der Waals surface area contributed by atoms with Crippen molar-refractivity contribution < 1.29 is 23.9 Å². The Morgan fingerprint density at radius 1 is 1.21 bits per heavy atom. The number of para-hydroxylation sites is 1. The van der Waals surface area contributed by atoms with Gasteiger partial charge in [0.05, 0.1) is 12.5 Å². The Labute approximate surface area is 170 Å². The lowest BCUT2D eigenvalue weighted by Crippen LogP contribution is -2.45. The van der Waals surface area contributed by atoms with Crippen molar-refractivity contribution in [1.29, 1.82) is 0 Å². The lowest BCUT2D eigenvalue weighted by Gasteiger charge is -2.32. The largest absolute Gasteiger partial charge is 0.466 e. The smallest absolute Gasteiger partial charge is 0.309 e. The van der Waals surface area contributed by atoms with E-state index in [-0.39, 0.29) is 24.2 Å². The van der Waals surface area contributed by atoms with Gasteiger partial charge < -0.3 is 19.4 Å². The summed E-state index contributed by atoms with van der Waals surface area (Å²) in [4.78, 5) is 41.4. The van der Waals surface area contributed by atoms with Crippen LogP contribution < -0.4 is 0 Å². The molecule has 0 saturated carbocycles. The van der Waals surface area contributed by atoms with Gasteiger partial charge in [-0.2, -0.15) is 0 Å². The van der Waals surface area contributed by atoms with Gasteiger partial charge in [-0.25, -0.2) is 0 Å². The van der Waals surface area contributed by atoms with Gasteiger partial charge in [-0.1, -0.05) is 18.2 Å². The number of likely N-dealkylation sites (tertiary alicyclic amines) is 1. The van der Waals surface area contributed by atoms with Crippen LogP contribution in [0.2, 0.25) is 0 Å². The van der Waals surface area contributed by atoms with Crippen molar-refractivity contribution in [2.24, 2.45) is 5.92 Å². The minimum Gasteiger partial charge on any atom is -0.466 e. The van der Waals surface area contributed by atoms with Gasteiger partial charge in [0.15, 0.2) is 6.10 Å². The Morgan fingerprint density at radius 2 is 1.93 bits per heavy atom. The fourth-order valence-corrected chi connectivity index (χ4v) is 3.73. The summed E-state index contributed by atoms with van der Waals surface area (Å²) in [7, 11) is 0. The molecule has 0 radical (unpaired) electrons. The number of piperidine rings is 1. The number of rotatable bonds is 7. The van der Waals surface area contributed by atoms with Crippen LogP contribution in [-0.4, -0.2) is 53.5 Å². The molecule has 1 aliphatic rings. The predicted octanol–water partition coefficient (Wildman–Crippen LogP) is 2.83. The number of nitrogens with zero attached hydrogens (tertiary/aromatic N) is 1. The number of hydrogen-bond donors (Lipinski definition) is 1. The van der Waals surface area contributed by atoms with Gasteiger partial charge in [0.1, 0.15) is 0 Å². The van der Waals surface area contributed by atoms with Crippen molar-refractivity contribution in [2.45, 2.75) is 45.6 Å². The highest BCUT2D eigenvalue weighted by Crippen LogP contribution is 2.21. The third kappa shape index (κ3) is 5.16. The average Bonchev–Trinajstić information content (AvgIpc) is 3.15. The first-order chi connectivity index (χ1) is 14.0. The maximum Gasteiger partial charge on any atom is 0.309 e. The maximum absolute atomic E-state index is 12.6. The molecule has 0 aliphatic carbocycles. The Bertz CT molecular complexity index is 867. The molecule has 1 saturated heterocycles. The molecule has 0 unspecified atom stereocenters. The first-order valence-electron chi connectivity index (χ1n) is 10.2. The minimum atomic E-state index is -0.829. The van der Waals surface area contributed by atoms with E-state index in [1.807, 2.05) is 30.5 Å². The van der Waals surface area contributed by atoms with Crippen molar-refractivity contribution in [3.63, 3.8) is 0 Å². The zero-order chi connectivity index (χ0) is 20.8. The molecule has 1 atom stereocenters. The minimum absolute atomic E-state index is 0.159. The Balaban J connectivity index is 1.44. The molecule has 1 N–H and O–H groups in total. The van der Waals surface area contributed by atoms with E-state index in [4.69, 9.17) is 9.47 Å². The van der Waals surface area contributed by atoms with E-state index in [1.165, 1.54) is 0 Å². The van der Waals surface area contributed by atoms with Crippen molar-refractivity contribution in [1.82, 2.24) is 9.88 Å². The SMILES string of the molecule is CCOC(=O)C1CCN(C(=O)[C@@H](C)OC(=O)CCc2c[nH]c3ccccc23)CC1. The molecule has 1 fully saturated rings. The molecule has 7 nitrogen and oxygen atoms in total. The molecule has 1 aromatic carbocycles. The monoisotopic (exact) mass is 400 g/mol. The predicted molar refractivity (Wildman–Crippen MR) is 108 cm³/mol. The summed E-state index contributed by atoms with van der Waals surface area (Å²) >= 11 is 0. The molecular weight excluding hydrogens is 372 g/mol. The van der Waals surface area contributed by atoms with Crippen LogP contribution >= 0.6 is 0 Å². The number of carbonyl (C=O) groups is 3. The quantitative estimate of drug-likeness (QED) is 0.722. The van der Waals surface area contributed by atoms with Crippen LogP contribution in [0.15, 0.2) is 30.5 Å². The average molecular weight is 400 g/mol. The fourth-order valence-electron chi connectivity index (χ4n) is 3.73.